The highest BCUT2D eigenvalue weighted by Crippen LogP contribution is 2.32. The third-order valence-corrected chi connectivity index (χ3v) is 5.61. The lowest BCUT2D eigenvalue weighted by atomic mass is 9.52. The molecule has 1 aromatic rings. The first-order valence-electron chi connectivity index (χ1n) is 8.05. The summed E-state index contributed by atoms with van der Waals surface area (Å²) >= 11 is 0. The molecule has 24 heavy (non-hydrogen) atoms. The molecule has 1 saturated heterocycles. The van der Waals surface area contributed by atoms with Crippen molar-refractivity contribution < 1.29 is 8.95 Å². The summed E-state index contributed by atoms with van der Waals surface area (Å²) in [6, 6.07) is 5.77. The summed E-state index contributed by atoms with van der Waals surface area (Å²) in [4.78, 5) is 0. The normalized spacial score (nSPS) is 23.2. The Morgan fingerprint density at radius 1 is 1.29 bits per heavy atom. The fourth-order valence-corrected chi connectivity index (χ4v) is 3.62. The maximum absolute atomic E-state index is 12.4. The summed E-state index contributed by atoms with van der Waals surface area (Å²) in [6.07, 6.45) is 0.894. The molecule has 1 aliphatic heterocycles. The van der Waals surface area contributed by atoms with E-state index in [-0.39, 0.29) is 16.8 Å². The average Bonchev–Trinajstić information content (AvgIpc) is 2.86. The highest BCUT2D eigenvalue weighted by atomic mass is 32.2. The molecule has 1 heterocycles. The van der Waals surface area contributed by atoms with Gasteiger partial charge >= 0.3 is 0 Å². The van der Waals surface area contributed by atoms with Crippen LogP contribution in [0, 0.1) is 6.92 Å². The predicted octanol–water partition coefficient (Wildman–Crippen LogP) is 0.945. The van der Waals surface area contributed by atoms with Crippen LogP contribution in [0.2, 0.25) is 0 Å². The van der Waals surface area contributed by atoms with Gasteiger partial charge in [0.25, 0.3) is 0 Å². The van der Waals surface area contributed by atoms with Crippen LogP contribution in [0.4, 0.5) is 0 Å². The zero-order chi connectivity index (χ0) is 18.1. The molecule has 1 fully saturated rings. The van der Waals surface area contributed by atoms with Crippen LogP contribution in [0.15, 0.2) is 18.2 Å². The van der Waals surface area contributed by atoms with Gasteiger partial charge in [0, 0.05) is 12.1 Å². The number of nitrogens with one attached hydrogen (secondary N) is 2. The predicted molar refractivity (Wildman–Crippen MR) is 102 cm³/mol. The van der Waals surface area contributed by atoms with Crippen LogP contribution in [0.1, 0.15) is 44.4 Å². The molecular formula is C16H23B3N2O2S. The Labute approximate surface area is 151 Å². The Morgan fingerprint density at radius 2 is 1.96 bits per heavy atom. The SMILES string of the molecule is [B]C([B])([B])Oc1cccc([C@H]2NCCC2NS(=O)C(C)(C)C)c1C. The van der Waals surface area contributed by atoms with Gasteiger partial charge in [-0.2, -0.15) is 0 Å². The number of hydrogen-bond donors (Lipinski definition) is 2. The van der Waals surface area contributed by atoms with Gasteiger partial charge in [0.1, 0.15) is 29.3 Å². The van der Waals surface area contributed by atoms with Crippen LogP contribution in [-0.2, 0) is 11.0 Å². The lowest BCUT2D eigenvalue weighted by Gasteiger charge is -2.29. The summed E-state index contributed by atoms with van der Waals surface area (Å²) in [5.41, 5.74) is 1.97. The van der Waals surface area contributed by atoms with Crippen molar-refractivity contribution in [1.29, 1.82) is 0 Å². The van der Waals surface area contributed by atoms with Crippen molar-refractivity contribution in [2.24, 2.45) is 0 Å². The van der Waals surface area contributed by atoms with E-state index in [1.807, 2.05) is 39.8 Å². The quantitative estimate of drug-likeness (QED) is 0.785. The van der Waals surface area contributed by atoms with E-state index in [2.05, 4.69) is 10.0 Å². The van der Waals surface area contributed by atoms with Crippen LogP contribution in [0.5, 0.6) is 5.75 Å². The minimum atomic E-state index is -1.72. The molecule has 124 valence electrons. The van der Waals surface area contributed by atoms with Gasteiger partial charge in [-0.15, -0.1) is 0 Å². The molecule has 0 bridgehead atoms. The van der Waals surface area contributed by atoms with Gasteiger partial charge in [-0.3, -0.25) is 0 Å². The van der Waals surface area contributed by atoms with Crippen LogP contribution >= 0.6 is 0 Å². The lowest BCUT2D eigenvalue weighted by Crippen LogP contribution is -2.42. The Kier molecular flexibility index (Phi) is 5.93. The molecule has 2 N–H and O–H groups in total. The fraction of sp³-hybridized carbons (Fsp3) is 0.625. The first kappa shape index (κ1) is 19.6. The lowest BCUT2D eigenvalue weighted by molar-refractivity contribution is 0.315. The summed E-state index contributed by atoms with van der Waals surface area (Å²) in [7, 11) is 15.5. The summed E-state index contributed by atoms with van der Waals surface area (Å²) in [5.74, 6) is 0.546. The van der Waals surface area contributed by atoms with E-state index in [4.69, 9.17) is 28.3 Å². The second kappa shape index (κ2) is 7.26. The zero-order valence-electron chi connectivity index (χ0n) is 14.8. The van der Waals surface area contributed by atoms with Gasteiger partial charge < -0.3 is 10.1 Å². The molecule has 2 unspecified atom stereocenters. The third-order valence-electron chi connectivity index (χ3n) is 3.98. The van der Waals surface area contributed by atoms with Crippen LogP contribution in [0.25, 0.3) is 0 Å². The van der Waals surface area contributed by atoms with Crippen LogP contribution < -0.4 is 14.8 Å². The fourth-order valence-electron chi connectivity index (χ4n) is 2.74. The van der Waals surface area contributed by atoms with E-state index in [0.717, 1.165) is 24.1 Å². The molecule has 6 radical (unpaired) electrons. The van der Waals surface area contributed by atoms with Crippen LogP contribution in [0.3, 0.4) is 0 Å². The van der Waals surface area contributed by atoms with Gasteiger partial charge in [-0.05, 0) is 63.2 Å². The van der Waals surface area contributed by atoms with Crippen molar-refractivity contribution in [1.82, 2.24) is 10.0 Å². The Balaban J connectivity index is 2.24. The molecule has 1 aromatic carbocycles. The molecular weight excluding hydrogens is 317 g/mol. The average molecular weight is 340 g/mol. The molecule has 8 heteroatoms. The maximum atomic E-state index is 12.4. The Bertz CT molecular complexity index is 614. The molecule has 0 amide bonds. The van der Waals surface area contributed by atoms with Crippen molar-refractivity contribution in [3.8, 4) is 5.75 Å². The van der Waals surface area contributed by atoms with Crippen molar-refractivity contribution in [3.05, 3.63) is 29.3 Å². The number of ether oxygens (including phenoxy) is 1. The third kappa shape index (κ3) is 4.90. The van der Waals surface area contributed by atoms with Crippen molar-refractivity contribution in [2.75, 3.05) is 6.54 Å². The smallest absolute Gasteiger partial charge is 0.119 e. The summed E-state index contributed by atoms with van der Waals surface area (Å²) < 4.78 is 20.8. The molecule has 0 aromatic heterocycles. The minimum absolute atomic E-state index is 0.0302. The van der Waals surface area contributed by atoms with E-state index in [9.17, 15) is 4.21 Å². The molecule has 1 aliphatic rings. The highest BCUT2D eigenvalue weighted by Gasteiger charge is 2.33. The first-order valence-corrected chi connectivity index (χ1v) is 9.20. The van der Waals surface area contributed by atoms with E-state index in [1.54, 1.807) is 6.07 Å². The Morgan fingerprint density at radius 3 is 2.54 bits per heavy atom. The summed E-state index contributed by atoms with van der Waals surface area (Å²) in [6.45, 7) is 8.65. The summed E-state index contributed by atoms with van der Waals surface area (Å²) in [5, 5.41) is 1.74. The number of rotatable bonds is 5. The molecule has 0 spiro atoms. The van der Waals surface area contributed by atoms with E-state index < -0.39 is 16.3 Å². The van der Waals surface area contributed by atoms with Gasteiger partial charge in [-0.25, -0.2) is 8.93 Å². The first-order chi connectivity index (χ1) is 11.0. The Hall–Kier alpha value is -0.715. The highest BCUT2D eigenvalue weighted by molar-refractivity contribution is 7.84. The van der Waals surface area contributed by atoms with Crippen molar-refractivity contribution >= 4 is 34.5 Å². The van der Waals surface area contributed by atoms with Gasteiger partial charge in [0.15, 0.2) is 0 Å². The minimum Gasteiger partial charge on any atom is -0.516 e. The second-order valence-electron chi connectivity index (χ2n) is 7.25. The molecule has 0 aliphatic carbocycles. The standard InChI is InChI=1S/C16H23B3N2O2S/c1-10-11(6-5-7-13(10)23-16(17,18)19)14-12(8-9-20-14)21-24(22)15(2,3)4/h5-7,12,14,20-21H,8-9H2,1-4H3/t12?,14-,24?/m1/s1. The largest absolute Gasteiger partial charge is 0.516 e. The second-order valence-corrected chi connectivity index (χ2v) is 9.25. The van der Waals surface area contributed by atoms with Crippen molar-refractivity contribution in [2.45, 2.75) is 56.2 Å². The molecule has 2 rings (SSSR count). The van der Waals surface area contributed by atoms with E-state index in [1.165, 1.54) is 0 Å². The monoisotopic (exact) mass is 340 g/mol. The topological polar surface area (TPSA) is 50.4 Å². The molecule has 3 atom stereocenters. The molecule has 0 saturated carbocycles. The van der Waals surface area contributed by atoms with Crippen LogP contribution in [-0.4, -0.2) is 50.4 Å². The van der Waals surface area contributed by atoms with Gasteiger partial charge in [-0.1, -0.05) is 12.1 Å². The zero-order valence-corrected chi connectivity index (χ0v) is 15.6. The van der Waals surface area contributed by atoms with Crippen molar-refractivity contribution in [3.63, 3.8) is 0 Å². The van der Waals surface area contributed by atoms with E-state index >= 15 is 0 Å². The molecule has 4 nitrogen and oxygen atoms in total. The van der Waals surface area contributed by atoms with E-state index in [0.29, 0.717) is 5.75 Å². The van der Waals surface area contributed by atoms with Gasteiger partial charge in [0.05, 0.1) is 15.7 Å². The number of benzene rings is 1. The number of hydrogen-bond acceptors (Lipinski definition) is 3. The maximum Gasteiger partial charge on any atom is 0.119 e. The van der Waals surface area contributed by atoms with Gasteiger partial charge in [0.2, 0.25) is 0 Å².